The number of piperazine rings is 1. The Morgan fingerprint density at radius 1 is 1.00 bits per heavy atom. The van der Waals surface area contributed by atoms with Crippen molar-refractivity contribution in [2.75, 3.05) is 31.5 Å². The van der Waals surface area contributed by atoms with Crippen LogP contribution in [0.5, 0.6) is 5.75 Å². The monoisotopic (exact) mass is 421 g/mol. The SMILES string of the molecule is CC(C(=O)Nc1ccc(OC(F)F)cc1)N1CCN(C(=O)c2ccccc2F)CC1. The highest BCUT2D eigenvalue weighted by Crippen LogP contribution is 2.19. The van der Waals surface area contributed by atoms with Gasteiger partial charge in [0.1, 0.15) is 11.6 Å². The van der Waals surface area contributed by atoms with Gasteiger partial charge in [-0.1, -0.05) is 12.1 Å². The largest absolute Gasteiger partial charge is 0.435 e. The van der Waals surface area contributed by atoms with Crippen molar-refractivity contribution in [3.63, 3.8) is 0 Å². The molecule has 0 aliphatic carbocycles. The minimum Gasteiger partial charge on any atom is -0.435 e. The third kappa shape index (κ3) is 5.29. The number of rotatable bonds is 6. The van der Waals surface area contributed by atoms with E-state index in [4.69, 9.17) is 0 Å². The molecule has 160 valence electrons. The van der Waals surface area contributed by atoms with E-state index in [-0.39, 0.29) is 23.1 Å². The van der Waals surface area contributed by atoms with Crippen LogP contribution < -0.4 is 10.1 Å². The molecule has 1 unspecified atom stereocenters. The second-order valence-electron chi connectivity index (χ2n) is 6.88. The molecule has 1 N–H and O–H groups in total. The molecule has 6 nitrogen and oxygen atoms in total. The zero-order valence-corrected chi connectivity index (χ0v) is 16.4. The maximum Gasteiger partial charge on any atom is 0.387 e. The summed E-state index contributed by atoms with van der Waals surface area (Å²) in [5.74, 6) is -1.17. The number of hydrogen-bond donors (Lipinski definition) is 1. The van der Waals surface area contributed by atoms with Crippen molar-refractivity contribution in [3.05, 3.63) is 59.9 Å². The summed E-state index contributed by atoms with van der Waals surface area (Å²) in [6, 6.07) is 11.0. The van der Waals surface area contributed by atoms with E-state index in [0.29, 0.717) is 31.9 Å². The van der Waals surface area contributed by atoms with Crippen molar-refractivity contribution in [1.29, 1.82) is 0 Å². The average Bonchev–Trinajstić information content (AvgIpc) is 2.74. The van der Waals surface area contributed by atoms with Crippen molar-refractivity contribution >= 4 is 17.5 Å². The predicted octanol–water partition coefficient (Wildman–Crippen LogP) is 3.21. The minimum atomic E-state index is -2.91. The van der Waals surface area contributed by atoms with Crippen LogP contribution in [0.1, 0.15) is 17.3 Å². The molecule has 1 heterocycles. The molecule has 0 saturated carbocycles. The van der Waals surface area contributed by atoms with E-state index in [1.807, 2.05) is 4.90 Å². The Kier molecular flexibility index (Phi) is 6.94. The van der Waals surface area contributed by atoms with E-state index in [1.54, 1.807) is 17.9 Å². The van der Waals surface area contributed by atoms with Gasteiger partial charge in [-0.05, 0) is 43.3 Å². The van der Waals surface area contributed by atoms with Gasteiger partial charge in [0.25, 0.3) is 5.91 Å². The van der Waals surface area contributed by atoms with Crippen LogP contribution in [-0.2, 0) is 4.79 Å². The summed E-state index contributed by atoms with van der Waals surface area (Å²) < 4.78 is 42.5. The van der Waals surface area contributed by atoms with Crippen LogP contribution in [0.15, 0.2) is 48.5 Å². The molecular formula is C21H22F3N3O3. The van der Waals surface area contributed by atoms with Gasteiger partial charge in [0, 0.05) is 31.9 Å². The first kappa shape index (κ1) is 21.6. The minimum absolute atomic E-state index is 0.00619. The van der Waals surface area contributed by atoms with Gasteiger partial charge in [0.2, 0.25) is 5.91 Å². The number of nitrogens with zero attached hydrogens (tertiary/aromatic N) is 2. The zero-order valence-electron chi connectivity index (χ0n) is 16.4. The highest BCUT2D eigenvalue weighted by atomic mass is 19.3. The molecule has 0 radical (unpaired) electrons. The topological polar surface area (TPSA) is 61.9 Å². The van der Waals surface area contributed by atoms with Crippen LogP contribution in [0.2, 0.25) is 0 Å². The van der Waals surface area contributed by atoms with Crippen molar-refractivity contribution in [2.45, 2.75) is 19.6 Å². The Labute approximate surface area is 172 Å². The molecule has 0 spiro atoms. The Hall–Kier alpha value is -3.07. The Balaban J connectivity index is 1.52. The Morgan fingerprint density at radius 2 is 1.63 bits per heavy atom. The molecule has 1 aliphatic rings. The van der Waals surface area contributed by atoms with E-state index < -0.39 is 18.5 Å². The van der Waals surface area contributed by atoms with Gasteiger partial charge in [-0.3, -0.25) is 14.5 Å². The molecule has 9 heteroatoms. The standard InChI is InChI=1S/C21H22F3N3O3/c1-14(19(28)25-15-6-8-16(9-7-15)30-21(23)24)26-10-12-27(13-11-26)20(29)17-4-2-3-5-18(17)22/h2-9,14,21H,10-13H2,1H3,(H,25,28). The van der Waals surface area contributed by atoms with Crippen LogP contribution in [-0.4, -0.2) is 60.4 Å². The van der Waals surface area contributed by atoms with Crippen LogP contribution in [0.25, 0.3) is 0 Å². The molecule has 0 aromatic heterocycles. The predicted molar refractivity (Wildman–Crippen MR) is 105 cm³/mol. The number of hydrogen-bond acceptors (Lipinski definition) is 4. The molecule has 3 rings (SSSR count). The van der Waals surface area contributed by atoms with Crippen LogP contribution in [0.4, 0.5) is 18.9 Å². The van der Waals surface area contributed by atoms with Crippen molar-refractivity contribution in [1.82, 2.24) is 9.80 Å². The lowest BCUT2D eigenvalue weighted by Gasteiger charge is -2.37. The number of anilines is 1. The van der Waals surface area contributed by atoms with Crippen molar-refractivity contribution < 1.29 is 27.5 Å². The molecular weight excluding hydrogens is 399 g/mol. The van der Waals surface area contributed by atoms with Crippen molar-refractivity contribution in [3.8, 4) is 5.75 Å². The molecule has 1 atom stereocenters. The number of alkyl halides is 2. The highest BCUT2D eigenvalue weighted by molar-refractivity contribution is 5.95. The van der Waals surface area contributed by atoms with Gasteiger partial charge in [0.15, 0.2) is 0 Å². The number of amides is 2. The molecule has 1 aliphatic heterocycles. The van der Waals surface area contributed by atoms with E-state index in [2.05, 4.69) is 10.1 Å². The number of carbonyl (C=O) groups excluding carboxylic acids is 2. The van der Waals surface area contributed by atoms with Crippen molar-refractivity contribution in [2.24, 2.45) is 0 Å². The Bertz CT molecular complexity index is 885. The summed E-state index contributed by atoms with van der Waals surface area (Å²) in [5, 5.41) is 2.73. The van der Waals surface area contributed by atoms with Gasteiger partial charge in [-0.25, -0.2) is 4.39 Å². The van der Waals surface area contributed by atoms with Crippen LogP contribution >= 0.6 is 0 Å². The second-order valence-corrected chi connectivity index (χ2v) is 6.88. The molecule has 1 saturated heterocycles. The van der Waals surface area contributed by atoms with Crippen LogP contribution in [0.3, 0.4) is 0 Å². The van der Waals surface area contributed by atoms with E-state index in [0.717, 1.165) is 0 Å². The number of carbonyl (C=O) groups is 2. The lowest BCUT2D eigenvalue weighted by atomic mass is 10.1. The molecule has 2 amide bonds. The van der Waals surface area contributed by atoms with Gasteiger partial charge in [-0.2, -0.15) is 8.78 Å². The summed E-state index contributed by atoms with van der Waals surface area (Å²) in [6.07, 6.45) is 0. The molecule has 0 bridgehead atoms. The normalized spacial score (nSPS) is 15.7. The average molecular weight is 421 g/mol. The molecule has 2 aromatic carbocycles. The van der Waals surface area contributed by atoms with Gasteiger partial charge in [0.05, 0.1) is 11.6 Å². The molecule has 1 fully saturated rings. The zero-order chi connectivity index (χ0) is 21.7. The lowest BCUT2D eigenvalue weighted by Crippen LogP contribution is -2.54. The fourth-order valence-electron chi connectivity index (χ4n) is 3.25. The number of halogens is 3. The first-order valence-electron chi connectivity index (χ1n) is 9.48. The maximum absolute atomic E-state index is 13.8. The van der Waals surface area contributed by atoms with E-state index >= 15 is 0 Å². The molecule has 2 aromatic rings. The quantitative estimate of drug-likeness (QED) is 0.778. The number of nitrogens with one attached hydrogen (secondary N) is 1. The summed E-state index contributed by atoms with van der Waals surface area (Å²) >= 11 is 0. The van der Waals surface area contributed by atoms with E-state index in [1.165, 1.54) is 42.5 Å². The second kappa shape index (κ2) is 9.62. The summed E-state index contributed by atoms with van der Waals surface area (Å²) in [7, 11) is 0. The van der Waals surface area contributed by atoms with Gasteiger partial charge < -0.3 is 15.0 Å². The lowest BCUT2D eigenvalue weighted by molar-refractivity contribution is -0.121. The number of ether oxygens (including phenoxy) is 1. The third-order valence-corrected chi connectivity index (χ3v) is 4.98. The summed E-state index contributed by atoms with van der Waals surface area (Å²) in [4.78, 5) is 28.5. The van der Waals surface area contributed by atoms with Gasteiger partial charge >= 0.3 is 6.61 Å². The van der Waals surface area contributed by atoms with E-state index in [9.17, 15) is 22.8 Å². The van der Waals surface area contributed by atoms with Gasteiger partial charge in [-0.15, -0.1) is 0 Å². The fourth-order valence-corrected chi connectivity index (χ4v) is 3.25. The smallest absolute Gasteiger partial charge is 0.387 e. The first-order chi connectivity index (χ1) is 14.3. The highest BCUT2D eigenvalue weighted by Gasteiger charge is 2.28. The number of benzene rings is 2. The maximum atomic E-state index is 13.8. The molecule has 30 heavy (non-hydrogen) atoms. The first-order valence-corrected chi connectivity index (χ1v) is 9.48. The van der Waals surface area contributed by atoms with Crippen LogP contribution in [0, 0.1) is 5.82 Å². The fraction of sp³-hybridized carbons (Fsp3) is 0.333. The summed E-state index contributed by atoms with van der Waals surface area (Å²) in [5.41, 5.74) is 0.498. The summed E-state index contributed by atoms with van der Waals surface area (Å²) in [6.45, 7) is 0.535. The third-order valence-electron chi connectivity index (χ3n) is 4.98. The Morgan fingerprint density at radius 3 is 2.23 bits per heavy atom.